The molecule has 0 N–H and O–H groups in total. The first-order chi connectivity index (χ1) is 12.7. The Morgan fingerprint density at radius 1 is 0.846 bits per heavy atom. The number of nitro groups is 1. The Hall–Kier alpha value is -2.84. The number of nitrogens with zero attached hydrogens (tertiary/aromatic N) is 2. The van der Waals surface area contributed by atoms with E-state index in [2.05, 4.69) is 53.5 Å². The van der Waals surface area contributed by atoms with Gasteiger partial charge in [-0.25, -0.2) is 0 Å². The van der Waals surface area contributed by atoms with Crippen molar-refractivity contribution in [2.24, 2.45) is 4.99 Å². The van der Waals surface area contributed by atoms with Gasteiger partial charge in [-0.05, 0) is 42.4 Å². The Morgan fingerprint density at radius 3 is 1.88 bits per heavy atom. The Bertz CT molecular complexity index is 826. The monoisotopic (exact) mass is 362 g/mol. The molecule has 0 unspecified atom stereocenters. The molecule has 130 valence electrons. The van der Waals surface area contributed by atoms with E-state index < -0.39 is 12.8 Å². The van der Waals surface area contributed by atoms with Crippen LogP contribution in [-0.2, 0) is 0 Å². The molecule has 0 amide bonds. The van der Waals surface area contributed by atoms with Crippen molar-refractivity contribution in [3.05, 3.63) is 101 Å². The Labute approximate surface area is 154 Å². The van der Waals surface area contributed by atoms with Crippen molar-refractivity contribution in [2.75, 3.05) is 12.7 Å². The molecule has 26 heavy (non-hydrogen) atoms. The van der Waals surface area contributed by atoms with Gasteiger partial charge in [0.05, 0.1) is 4.92 Å². The molecule has 0 saturated heterocycles. The average molecular weight is 362 g/mol. The molecule has 0 bridgehead atoms. The van der Waals surface area contributed by atoms with Crippen molar-refractivity contribution >= 4 is 30.4 Å². The van der Waals surface area contributed by atoms with Gasteiger partial charge in [0.2, 0.25) is 0 Å². The number of hydrogen-bond acceptors (Lipinski definition) is 3. The van der Waals surface area contributed by atoms with Gasteiger partial charge in [-0.1, -0.05) is 60.7 Å². The summed E-state index contributed by atoms with van der Waals surface area (Å²) in [5.74, 6) is 0. The van der Waals surface area contributed by atoms with Crippen LogP contribution in [0.4, 0.5) is 5.69 Å². The number of aliphatic imine (C=N–C) groups is 1. The van der Waals surface area contributed by atoms with Gasteiger partial charge in [0.1, 0.15) is 0 Å². The van der Waals surface area contributed by atoms with Gasteiger partial charge < -0.3 is 0 Å². The van der Waals surface area contributed by atoms with Gasteiger partial charge in [-0.15, -0.1) is 0 Å². The summed E-state index contributed by atoms with van der Waals surface area (Å²) in [7, 11) is -0.448. The van der Waals surface area contributed by atoms with Crippen LogP contribution in [0.1, 0.15) is 5.56 Å². The molecule has 0 aliphatic heterocycles. The van der Waals surface area contributed by atoms with Gasteiger partial charge in [-0.3, -0.25) is 15.1 Å². The van der Waals surface area contributed by atoms with Crippen molar-refractivity contribution < 1.29 is 4.92 Å². The zero-order valence-corrected chi connectivity index (χ0v) is 15.1. The lowest BCUT2D eigenvalue weighted by molar-refractivity contribution is -0.384. The van der Waals surface area contributed by atoms with E-state index in [-0.39, 0.29) is 5.69 Å². The first kappa shape index (κ1) is 18.0. The molecule has 0 aromatic heterocycles. The second-order valence-corrected chi connectivity index (χ2v) is 8.04. The molecule has 3 rings (SSSR count). The molecule has 0 heterocycles. The van der Waals surface area contributed by atoms with Gasteiger partial charge in [0, 0.05) is 24.9 Å². The largest absolute Gasteiger partial charge is 0.292 e. The maximum atomic E-state index is 10.7. The Balaban J connectivity index is 1.67. The molecule has 0 saturated carbocycles. The lowest BCUT2D eigenvalue weighted by Crippen LogP contribution is -2.15. The van der Waals surface area contributed by atoms with Crippen molar-refractivity contribution in [1.29, 1.82) is 0 Å². The highest BCUT2D eigenvalue weighted by Gasteiger charge is 2.12. The summed E-state index contributed by atoms with van der Waals surface area (Å²) in [6.07, 6.45) is 2.75. The molecule has 0 fully saturated rings. The Kier molecular flexibility index (Phi) is 6.24. The van der Waals surface area contributed by atoms with Crippen LogP contribution in [0, 0.1) is 10.1 Å². The molecule has 4 nitrogen and oxygen atoms in total. The summed E-state index contributed by atoms with van der Waals surface area (Å²) < 4.78 is 0. The third-order valence-electron chi connectivity index (χ3n) is 3.93. The minimum absolute atomic E-state index is 0.0961. The summed E-state index contributed by atoms with van der Waals surface area (Å²) in [5, 5.41) is 13.4. The van der Waals surface area contributed by atoms with Crippen LogP contribution in [-0.4, -0.2) is 23.8 Å². The number of hydrogen-bond donors (Lipinski definition) is 0. The minimum atomic E-state index is -0.448. The molecular formula is C21H19N2O2P. The standard InChI is InChI=1S/C21H19N2O2P/c24-23(25)19-13-11-18(12-14-19)17-22-15-16-26(20-7-3-1-4-8-20)21-9-5-2-6-10-21/h1-14,17H,15-16H2. The van der Waals surface area contributed by atoms with Crippen LogP contribution in [0.3, 0.4) is 0 Å². The van der Waals surface area contributed by atoms with Gasteiger partial charge >= 0.3 is 0 Å². The highest BCUT2D eigenvalue weighted by atomic mass is 31.1. The lowest BCUT2D eigenvalue weighted by Gasteiger charge is -2.17. The summed E-state index contributed by atoms with van der Waals surface area (Å²) in [6.45, 7) is 0.715. The number of nitro benzene ring substituents is 1. The number of rotatable bonds is 7. The molecule has 0 aliphatic carbocycles. The van der Waals surface area contributed by atoms with E-state index in [9.17, 15) is 10.1 Å². The maximum absolute atomic E-state index is 10.7. The molecule has 0 spiro atoms. The summed E-state index contributed by atoms with van der Waals surface area (Å²) >= 11 is 0. The van der Waals surface area contributed by atoms with Crippen LogP contribution in [0.15, 0.2) is 89.9 Å². The molecule has 3 aromatic carbocycles. The van der Waals surface area contributed by atoms with Crippen molar-refractivity contribution in [2.45, 2.75) is 0 Å². The van der Waals surface area contributed by atoms with Gasteiger partial charge in [0.25, 0.3) is 5.69 Å². The van der Waals surface area contributed by atoms with Crippen molar-refractivity contribution in [1.82, 2.24) is 0 Å². The van der Waals surface area contributed by atoms with Crippen molar-refractivity contribution in [3.63, 3.8) is 0 Å². The normalized spacial score (nSPS) is 11.1. The summed E-state index contributed by atoms with van der Waals surface area (Å²) in [5.41, 5.74) is 0.971. The fourth-order valence-electron chi connectivity index (χ4n) is 2.63. The fraction of sp³-hybridized carbons (Fsp3) is 0.0952. The SMILES string of the molecule is O=[N+]([O-])c1ccc(C=NCCP(c2ccccc2)c2ccccc2)cc1. The molecule has 0 aliphatic rings. The zero-order valence-electron chi connectivity index (χ0n) is 14.2. The molecule has 5 heteroatoms. The van der Waals surface area contributed by atoms with E-state index in [1.54, 1.807) is 18.3 Å². The van der Waals surface area contributed by atoms with E-state index in [4.69, 9.17) is 0 Å². The minimum Gasteiger partial charge on any atom is -0.292 e. The number of benzene rings is 3. The average Bonchev–Trinajstić information content (AvgIpc) is 2.70. The lowest BCUT2D eigenvalue weighted by atomic mass is 10.2. The predicted octanol–water partition coefficient (Wildman–Crippen LogP) is 4.15. The predicted molar refractivity (Wildman–Crippen MR) is 109 cm³/mol. The van der Waals surface area contributed by atoms with E-state index >= 15 is 0 Å². The topological polar surface area (TPSA) is 55.5 Å². The summed E-state index contributed by atoms with van der Waals surface area (Å²) in [6, 6.07) is 27.5. The third kappa shape index (κ3) is 4.84. The van der Waals surface area contributed by atoms with Crippen LogP contribution >= 0.6 is 7.92 Å². The molecule has 0 radical (unpaired) electrons. The number of non-ortho nitro benzene ring substituents is 1. The first-order valence-corrected chi connectivity index (χ1v) is 9.88. The first-order valence-electron chi connectivity index (χ1n) is 8.36. The zero-order chi connectivity index (χ0) is 18.2. The smallest absolute Gasteiger partial charge is 0.269 e. The van der Waals surface area contributed by atoms with Crippen LogP contribution in [0.5, 0.6) is 0 Å². The highest BCUT2D eigenvalue weighted by molar-refractivity contribution is 7.73. The Morgan fingerprint density at radius 2 is 1.38 bits per heavy atom. The van der Waals surface area contributed by atoms with Gasteiger partial charge in [-0.2, -0.15) is 0 Å². The molecule has 0 atom stereocenters. The van der Waals surface area contributed by atoms with E-state index in [0.29, 0.717) is 6.54 Å². The maximum Gasteiger partial charge on any atom is 0.269 e. The molecule has 3 aromatic rings. The third-order valence-corrected chi connectivity index (χ3v) is 6.42. The molecular weight excluding hydrogens is 343 g/mol. The van der Waals surface area contributed by atoms with E-state index in [1.807, 2.05) is 12.1 Å². The van der Waals surface area contributed by atoms with E-state index in [1.165, 1.54) is 22.7 Å². The van der Waals surface area contributed by atoms with Gasteiger partial charge in [0.15, 0.2) is 0 Å². The second-order valence-electron chi connectivity index (χ2n) is 5.71. The van der Waals surface area contributed by atoms with E-state index in [0.717, 1.165) is 11.7 Å². The van der Waals surface area contributed by atoms with Crippen LogP contribution < -0.4 is 10.6 Å². The van der Waals surface area contributed by atoms with Crippen LogP contribution in [0.2, 0.25) is 0 Å². The van der Waals surface area contributed by atoms with Crippen molar-refractivity contribution in [3.8, 4) is 0 Å². The summed E-state index contributed by atoms with van der Waals surface area (Å²) in [4.78, 5) is 14.8. The highest BCUT2D eigenvalue weighted by Crippen LogP contribution is 2.32. The second kappa shape index (κ2) is 9.02. The van der Waals surface area contributed by atoms with Crippen LogP contribution in [0.25, 0.3) is 0 Å². The quantitative estimate of drug-likeness (QED) is 0.274. The fourth-order valence-corrected chi connectivity index (χ4v) is 4.83.